The van der Waals surface area contributed by atoms with Crippen molar-refractivity contribution < 1.29 is 22.7 Å². The summed E-state index contributed by atoms with van der Waals surface area (Å²) in [5.74, 6) is -0.551. The second kappa shape index (κ2) is 6.75. The van der Waals surface area contributed by atoms with Gasteiger partial charge in [0, 0.05) is 18.0 Å². The van der Waals surface area contributed by atoms with Crippen LogP contribution in [0.5, 0.6) is 5.75 Å². The van der Waals surface area contributed by atoms with Crippen molar-refractivity contribution in [3.63, 3.8) is 0 Å². The van der Waals surface area contributed by atoms with E-state index in [1.807, 2.05) is 13.8 Å². The Labute approximate surface area is 153 Å². The maximum absolute atomic E-state index is 13.0. The fourth-order valence-corrected chi connectivity index (χ4v) is 2.78. The van der Waals surface area contributed by atoms with Crippen molar-refractivity contribution in [3.05, 3.63) is 58.0 Å². The van der Waals surface area contributed by atoms with Gasteiger partial charge in [0.25, 0.3) is 5.91 Å². The lowest BCUT2D eigenvalue weighted by molar-refractivity contribution is -0.137. The summed E-state index contributed by atoms with van der Waals surface area (Å²) in [5.41, 5.74) is -0.998. The van der Waals surface area contributed by atoms with Crippen LogP contribution in [0.4, 0.5) is 18.9 Å². The molecule has 1 aromatic carbocycles. The monoisotopic (exact) mass is 380 g/mol. The molecule has 1 unspecified atom stereocenters. The van der Waals surface area contributed by atoms with Crippen LogP contribution in [-0.4, -0.2) is 17.5 Å². The molecule has 1 fully saturated rings. The number of nitrogens with one attached hydrogen (secondary N) is 2. The molecule has 1 aliphatic rings. The highest BCUT2D eigenvalue weighted by Gasteiger charge is 2.46. The molecular formula is C19H19F3N2O3. The fourth-order valence-electron chi connectivity index (χ4n) is 2.78. The lowest BCUT2D eigenvalue weighted by atomic mass is 10.1. The number of benzene rings is 1. The van der Waals surface area contributed by atoms with Crippen LogP contribution < -0.4 is 15.6 Å². The van der Waals surface area contributed by atoms with Gasteiger partial charge in [-0.25, -0.2) is 0 Å². The first-order chi connectivity index (χ1) is 12.6. The normalized spacial score (nSPS) is 18.0. The molecule has 0 saturated heterocycles. The third-order valence-corrected chi connectivity index (χ3v) is 4.74. The number of carbonyl (C=O) groups excluding carboxylic acids is 1. The van der Waals surface area contributed by atoms with E-state index in [0.717, 1.165) is 24.6 Å². The minimum Gasteiger partial charge on any atom is -0.492 e. The topological polar surface area (TPSA) is 71.2 Å². The molecule has 3 rings (SSSR count). The van der Waals surface area contributed by atoms with E-state index in [2.05, 4.69) is 10.3 Å². The number of hydrogen-bond donors (Lipinski definition) is 2. The van der Waals surface area contributed by atoms with Crippen molar-refractivity contribution in [2.45, 2.75) is 26.4 Å². The first kappa shape index (κ1) is 19.0. The molecular weight excluding hydrogens is 361 g/mol. The highest BCUT2D eigenvalue weighted by Crippen LogP contribution is 2.51. The first-order valence-corrected chi connectivity index (χ1v) is 8.40. The number of ether oxygens (including phenoxy) is 1. The van der Waals surface area contributed by atoms with Crippen LogP contribution in [0.15, 0.2) is 41.3 Å². The molecule has 0 aliphatic heterocycles. The zero-order valence-corrected chi connectivity index (χ0v) is 14.8. The average molecular weight is 380 g/mol. The number of alkyl halides is 3. The first-order valence-electron chi connectivity index (χ1n) is 8.40. The van der Waals surface area contributed by atoms with Gasteiger partial charge in [0.05, 0.1) is 17.7 Å². The summed E-state index contributed by atoms with van der Waals surface area (Å²) in [6.45, 7) is 4.33. The zero-order valence-electron chi connectivity index (χ0n) is 14.8. The number of anilines is 1. The summed E-state index contributed by atoms with van der Waals surface area (Å²) in [6, 6.07) is 5.40. The number of H-pyrrole nitrogens is 1. The van der Waals surface area contributed by atoms with Crippen molar-refractivity contribution in [2.24, 2.45) is 11.3 Å². The predicted octanol–water partition coefficient (Wildman–Crippen LogP) is 4.07. The minimum absolute atomic E-state index is 0.0262. The van der Waals surface area contributed by atoms with E-state index in [1.54, 1.807) is 0 Å². The van der Waals surface area contributed by atoms with Crippen molar-refractivity contribution in [1.29, 1.82) is 0 Å². The standard InChI is InChI=1S/C19H19F3N2O3/c1-18(2)9-12(18)10-27-15-7-11(19(20,21)22)3-4-14(15)17(26)24-13-5-6-23-16(25)8-13/h3-8,12H,9-10H2,1-2H3,(H2,23,24,25,26). The number of rotatable bonds is 5. The molecule has 144 valence electrons. The molecule has 0 bridgehead atoms. The number of hydrogen-bond acceptors (Lipinski definition) is 3. The summed E-state index contributed by atoms with van der Waals surface area (Å²) in [4.78, 5) is 26.2. The Bertz CT molecular complexity index is 919. The van der Waals surface area contributed by atoms with Gasteiger partial charge in [0.15, 0.2) is 0 Å². The van der Waals surface area contributed by atoms with Gasteiger partial charge in [-0.15, -0.1) is 0 Å². The summed E-state index contributed by atoms with van der Waals surface area (Å²) in [7, 11) is 0. The molecule has 1 aromatic heterocycles. The predicted molar refractivity (Wildman–Crippen MR) is 93.8 cm³/mol. The third kappa shape index (κ3) is 4.50. The summed E-state index contributed by atoms with van der Waals surface area (Å²) < 4.78 is 44.7. The van der Waals surface area contributed by atoms with E-state index in [0.29, 0.717) is 0 Å². The van der Waals surface area contributed by atoms with Gasteiger partial charge in [0.1, 0.15) is 5.75 Å². The second-order valence-corrected chi connectivity index (χ2v) is 7.31. The molecule has 1 atom stereocenters. The molecule has 8 heteroatoms. The van der Waals surface area contributed by atoms with Gasteiger partial charge in [-0.2, -0.15) is 13.2 Å². The minimum atomic E-state index is -4.54. The quantitative estimate of drug-likeness (QED) is 0.821. The number of carbonyl (C=O) groups is 1. The van der Waals surface area contributed by atoms with Crippen LogP contribution >= 0.6 is 0 Å². The van der Waals surface area contributed by atoms with E-state index >= 15 is 0 Å². The van der Waals surface area contributed by atoms with Gasteiger partial charge in [-0.1, -0.05) is 13.8 Å². The highest BCUT2D eigenvalue weighted by molar-refractivity contribution is 6.06. The van der Waals surface area contributed by atoms with Crippen molar-refractivity contribution in [3.8, 4) is 5.75 Å². The average Bonchev–Trinajstić information content (AvgIpc) is 3.18. The molecule has 2 aromatic rings. The SMILES string of the molecule is CC1(C)CC1COc1cc(C(F)(F)F)ccc1C(=O)Nc1cc[nH]c(=O)c1. The molecule has 27 heavy (non-hydrogen) atoms. The number of halogens is 3. The molecule has 2 N–H and O–H groups in total. The van der Waals surface area contributed by atoms with Gasteiger partial charge in [-0.3, -0.25) is 9.59 Å². The Morgan fingerprint density at radius 1 is 1.30 bits per heavy atom. The number of pyridine rings is 1. The van der Waals surface area contributed by atoms with Crippen LogP contribution in [0.2, 0.25) is 0 Å². The van der Waals surface area contributed by atoms with Crippen molar-refractivity contribution in [1.82, 2.24) is 4.98 Å². The van der Waals surface area contributed by atoms with E-state index in [4.69, 9.17) is 4.74 Å². The molecule has 1 aliphatic carbocycles. The molecule has 1 amide bonds. The molecule has 1 saturated carbocycles. The van der Waals surface area contributed by atoms with Crippen LogP contribution in [0, 0.1) is 11.3 Å². The van der Waals surface area contributed by atoms with Crippen LogP contribution in [-0.2, 0) is 6.18 Å². The van der Waals surface area contributed by atoms with Gasteiger partial charge in [0.2, 0.25) is 5.56 Å². The highest BCUT2D eigenvalue weighted by atomic mass is 19.4. The number of aromatic amines is 1. The van der Waals surface area contributed by atoms with E-state index < -0.39 is 23.2 Å². The summed E-state index contributed by atoms with van der Waals surface area (Å²) in [6.07, 6.45) is -2.27. The molecule has 0 spiro atoms. The Kier molecular flexibility index (Phi) is 4.75. The summed E-state index contributed by atoms with van der Waals surface area (Å²) in [5, 5.41) is 2.50. The van der Waals surface area contributed by atoms with Crippen molar-refractivity contribution >= 4 is 11.6 Å². The lowest BCUT2D eigenvalue weighted by Gasteiger charge is -2.15. The Balaban J connectivity index is 1.85. The fraction of sp³-hybridized carbons (Fsp3) is 0.368. The van der Waals surface area contributed by atoms with Gasteiger partial charge >= 0.3 is 6.18 Å². The molecule has 5 nitrogen and oxygen atoms in total. The zero-order chi connectivity index (χ0) is 19.8. The van der Waals surface area contributed by atoms with Gasteiger partial charge in [-0.05, 0) is 42.0 Å². The van der Waals surface area contributed by atoms with Crippen LogP contribution in [0.25, 0.3) is 0 Å². The number of aromatic nitrogens is 1. The second-order valence-electron chi connectivity index (χ2n) is 7.31. The largest absolute Gasteiger partial charge is 0.492 e. The smallest absolute Gasteiger partial charge is 0.416 e. The Morgan fingerprint density at radius 3 is 2.59 bits per heavy atom. The van der Waals surface area contributed by atoms with Crippen LogP contribution in [0.1, 0.15) is 36.2 Å². The van der Waals surface area contributed by atoms with Crippen LogP contribution in [0.3, 0.4) is 0 Å². The third-order valence-electron chi connectivity index (χ3n) is 4.74. The van der Waals surface area contributed by atoms with Crippen molar-refractivity contribution in [2.75, 3.05) is 11.9 Å². The van der Waals surface area contributed by atoms with E-state index in [1.165, 1.54) is 18.3 Å². The van der Waals surface area contributed by atoms with E-state index in [9.17, 15) is 22.8 Å². The lowest BCUT2D eigenvalue weighted by Crippen LogP contribution is -2.17. The summed E-state index contributed by atoms with van der Waals surface area (Å²) >= 11 is 0. The Hall–Kier alpha value is -2.77. The molecule has 0 radical (unpaired) electrons. The Morgan fingerprint density at radius 2 is 2.00 bits per heavy atom. The molecule has 1 heterocycles. The number of amides is 1. The maximum atomic E-state index is 13.0. The van der Waals surface area contributed by atoms with E-state index in [-0.39, 0.29) is 34.9 Å². The maximum Gasteiger partial charge on any atom is 0.416 e. The van der Waals surface area contributed by atoms with Gasteiger partial charge < -0.3 is 15.0 Å².